The first-order chi connectivity index (χ1) is 7.74. The Morgan fingerprint density at radius 1 is 1.25 bits per heavy atom. The molecule has 0 aromatic heterocycles. The zero-order valence-electron chi connectivity index (χ0n) is 10.2. The summed E-state index contributed by atoms with van der Waals surface area (Å²) in [6, 6.07) is 9.83. The summed E-state index contributed by atoms with van der Waals surface area (Å²) in [5.74, 6) is 0. The van der Waals surface area contributed by atoms with Crippen LogP contribution in [0, 0.1) is 6.92 Å². The van der Waals surface area contributed by atoms with Crippen LogP contribution in [0.15, 0.2) is 24.3 Å². The van der Waals surface area contributed by atoms with Crippen molar-refractivity contribution in [3.05, 3.63) is 35.4 Å². The number of rotatable bonds is 3. The summed E-state index contributed by atoms with van der Waals surface area (Å²) in [6.45, 7) is 6.01. The Hall–Kier alpha value is -0.860. The molecular formula is C14H21NO. The molecule has 1 aromatic rings. The van der Waals surface area contributed by atoms with Gasteiger partial charge in [-0.25, -0.2) is 0 Å². The van der Waals surface area contributed by atoms with Gasteiger partial charge in [-0.05, 0) is 32.3 Å². The second-order valence-electron chi connectivity index (χ2n) is 4.83. The van der Waals surface area contributed by atoms with Crippen molar-refractivity contribution in [1.82, 2.24) is 5.32 Å². The number of hydrogen-bond acceptors (Lipinski definition) is 2. The lowest BCUT2D eigenvalue weighted by Crippen LogP contribution is -2.47. The molecule has 1 aliphatic heterocycles. The molecule has 1 N–H and O–H groups in total. The van der Waals surface area contributed by atoms with Crippen LogP contribution in [0.1, 0.15) is 24.5 Å². The Morgan fingerprint density at radius 2 is 2.00 bits per heavy atom. The second kappa shape index (κ2) is 5.46. The minimum atomic E-state index is 0.497. The molecule has 0 saturated carbocycles. The number of ether oxygens (including phenoxy) is 1. The molecule has 2 atom stereocenters. The first kappa shape index (κ1) is 11.6. The largest absolute Gasteiger partial charge is 0.378 e. The second-order valence-corrected chi connectivity index (χ2v) is 4.83. The zero-order chi connectivity index (χ0) is 11.4. The van der Waals surface area contributed by atoms with Gasteiger partial charge in [0.05, 0.1) is 13.2 Å². The van der Waals surface area contributed by atoms with Gasteiger partial charge < -0.3 is 10.1 Å². The van der Waals surface area contributed by atoms with Crippen molar-refractivity contribution in [1.29, 1.82) is 0 Å². The van der Waals surface area contributed by atoms with Crippen molar-refractivity contribution in [2.24, 2.45) is 0 Å². The van der Waals surface area contributed by atoms with Gasteiger partial charge in [0.2, 0.25) is 0 Å². The van der Waals surface area contributed by atoms with E-state index in [9.17, 15) is 0 Å². The average molecular weight is 219 g/mol. The van der Waals surface area contributed by atoms with Gasteiger partial charge in [0.25, 0.3) is 0 Å². The monoisotopic (exact) mass is 219 g/mol. The van der Waals surface area contributed by atoms with Gasteiger partial charge in [-0.2, -0.15) is 0 Å². The minimum Gasteiger partial charge on any atom is -0.378 e. The molecule has 0 aliphatic carbocycles. The lowest BCUT2D eigenvalue weighted by atomic mass is 10.0. The summed E-state index contributed by atoms with van der Waals surface area (Å²) in [5, 5.41) is 3.57. The molecule has 1 fully saturated rings. The highest BCUT2D eigenvalue weighted by Gasteiger charge is 2.17. The molecule has 0 amide bonds. The summed E-state index contributed by atoms with van der Waals surface area (Å²) < 4.78 is 5.54. The molecule has 88 valence electrons. The summed E-state index contributed by atoms with van der Waals surface area (Å²) in [4.78, 5) is 0. The van der Waals surface area contributed by atoms with E-state index in [4.69, 9.17) is 4.74 Å². The number of aryl methyl sites for hydroxylation is 2. The number of benzene rings is 1. The molecule has 16 heavy (non-hydrogen) atoms. The molecular weight excluding hydrogens is 198 g/mol. The van der Waals surface area contributed by atoms with Gasteiger partial charge >= 0.3 is 0 Å². The van der Waals surface area contributed by atoms with Gasteiger partial charge in [-0.15, -0.1) is 0 Å². The summed E-state index contributed by atoms with van der Waals surface area (Å²) in [5.41, 5.74) is 2.75. The van der Waals surface area contributed by atoms with Crippen LogP contribution in [-0.2, 0) is 11.2 Å². The third kappa shape index (κ3) is 3.32. The lowest BCUT2D eigenvalue weighted by Gasteiger charge is -2.29. The predicted octanol–water partition coefficient (Wildman–Crippen LogP) is 2.30. The van der Waals surface area contributed by atoms with Gasteiger partial charge in [-0.1, -0.05) is 29.8 Å². The molecule has 1 saturated heterocycles. The summed E-state index contributed by atoms with van der Waals surface area (Å²) in [7, 11) is 0. The highest BCUT2D eigenvalue weighted by molar-refractivity contribution is 5.21. The van der Waals surface area contributed by atoms with E-state index in [1.54, 1.807) is 0 Å². The Balaban J connectivity index is 1.80. The zero-order valence-corrected chi connectivity index (χ0v) is 10.2. The van der Waals surface area contributed by atoms with Crippen LogP contribution in [0.5, 0.6) is 0 Å². The molecule has 2 nitrogen and oxygen atoms in total. The van der Waals surface area contributed by atoms with Crippen LogP contribution in [0.4, 0.5) is 0 Å². The Kier molecular flexibility index (Phi) is 3.97. The molecule has 2 unspecified atom stereocenters. The normalized spacial score (nSPS) is 25.6. The van der Waals surface area contributed by atoms with Crippen molar-refractivity contribution in [2.45, 2.75) is 38.8 Å². The van der Waals surface area contributed by atoms with Crippen LogP contribution < -0.4 is 5.32 Å². The van der Waals surface area contributed by atoms with Crippen molar-refractivity contribution in [2.75, 3.05) is 13.2 Å². The van der Waals surface area contributed by atoms with E-state index in [1.165, 1.54) is 11.1 Å². The third-order valence-corrected chi connectivity index (χ3v) is 3.11. The van der Waals surface area contributed by atoms with Crippen LogP contribution in [0.2, 0.25) is 0 Å². The minimum absolute atomic E-state index is 0.497. The lowest BCUT2D eigenvalue weighted by molar-refractivity contribution is 0.0483. The molecule has 0 spiro atoms. The Bertz CT molecular complexity index is 320. The maximum absolute atomic E-state index is 5.54. The SMILES string of the molecule is Cc1ccc(CCC2COCC(C)N2)cc1. The van der Waals surface area contributed by atoms with Crippen molar-refractivity contribution < 1.29 is 4.74 Å². The first-order valence-electron chi connectivity index (χ1n) is 6.13. The topological polar surface area (TPSA) is 21.3 Å². The number of morpholine rings is 1. The van der Waals surface area contributed by atoms with Crippen LogP contribution in [0.3, 0.4) is 0 Å². The molecule has 2 rings (SSSR count). The van der Waals surface area contributed by atoms with Crippen molar-refractivity contribution >= 4 is 0 Å². The van der Waals surface area contributed by atoms with Crippen LogP contribution >= 0.6 is 0 Å². The maximum Gasteiger partial charge on any atom is 0.0620 e. The molecule has 2 heteroatoms. The fourth-order valence-electron chi connectivity index (χ4n) is 2.15. The van der Waals surface area contributed by atoms with Gasteiger partial charge in [-0.3, -0.25) is 0 Å². The van der Waals surface area contributed by atoms with E-state index in [1.807, 2.05) is 0 Å². The smallest absolute Gasteiger partial charge is 0.0620 e. The average Bonchev–Trinajstić information content (AvgIpc) is 2.28. The standard InChI is InChI=1S/C14H21NO/c1-11-3-5-13(6-4-11)7-8-14-10-16-9-12(2)15-14/h3-6,12,14-15H,7-10H2,1-2H3. The van der Waals surface area contributed by atoms with Crippen LogP contribution in [-0.4, -0.2) is 25.3 Å². The quantitative estimate of drug-likeness (QED) is 0.842. The number of hydrogen-bond donors (Lipinski definition) is 1. The van der Waals surface area contributed by atoms with E-state index in [-0.39, 0.29) is 0 Å². The van der Waals surface area contributed by atoms with E-state index in [0.717, 1.165) is 26.1 Å². The Morgan fingerprint density at radius 3 is 2.69 bits per heavy atom. The van der Waals surface area contributed by atoms with Gasteiger partial charge in [0, 0.05) is 12.1 Å². The van der Waals surface area contributed by atoms with Crippen LogP contribution in [0.25, 0.3) is 0 Å². The highest BCUT2D eigenvalue weighted by Crippen LogP contribution is 2.10. The number of nitrogens with one attached hydrogen (secondary N) is 1. The van der Waals surface area contributed by atoms with Gasteiger partial charge in [0.1, 0.15) is 0 Å². The maximum atomic E-state index is 5.54. The molecule has 1 heterocycles. The fraction of sp³-hybridized carbons (Fsp3) is 0.571. The van der Waals surface area contributed by atoms with E-state index in [2.05, 4.69) is 43.4 Å². The fourth-order valence-corrected chi connectivity index (χ4v) is 2.15. The Labute approximate surface area is 98.0 Å². The third-order valence-electron chi connectivity index (χ3n) is 3.11. The molecule has 1 aliphatic rings. The molecule has 0 bridgehead atoms. The highest BCUT2D eigenvalue weighted by atomic mass is 16.5. The molecule has 0 radical (unpaired) electrons. The summed E-state index contributed by atoms with van der Waals surface area (Å²) >= 11 is 0. The van der Waals surface area contributed by atoms with Crippen molar-refractivity contribution in [3.8, 4) is 0 Å². The first-order valence-corrected chi connectivity index (χ1v) is 6.13. The summed E-state index contributed by atoms with van der Waals surface area (Å²) in [6.07, 6.45) is 2.29. The van der Waals surface area contributed by atoms with Crippen molar-refractivity contribution in [3.63, 3.8) is 0 Å². The molecule has 1 aromatic carbocycles. The van der Waals surface area contributed by atoms with E-state index < -0.39 is 0 Å². The van der Waals surface area contributed by atoms with E-state index in [0.29, 0.717) is 12.1 Å². The van der Waals surface area contributed by atoms with E-state index >= 15 is 0 Å². The van der Waals surface area contributed by atoms with Gasteiger partial charge in [0.15, 0.2) is 0 Å². The predicted molar refractivity (Wildman–Crippen MR) is 66.7 cm³/mol.